The normalized spacial score (nSPS) is 27.8. The molecule has 0 bridgehead atoms. The van der Waals surface area contributed by atoms with Crippen molar-refractivity contribution in [3.05, 3.63) is 35.9 Å². The maximum absolute atomic E-state index is 5.87. The van der Waals surface area contributed by atoms with E-state index < -0.39 is 0 Å². The van der Waals surface area contributed by atoms with Crippen LogP contribution in [0.1, 0.15) is 25.3 Å². The zero-order chi connectivity index (χ0) is 12.1. The van der Waals surface area contributed by atoms with Crippen molar-refractivity contribution >= 4 is 0 Å². The molecular weight excluding hydrogens is 212 g/mol. The number of hydrogen-bond acceptors (Lipinski definition) is 3. The van der Waals surface area contributed by atoms with Gasteiger partial charge in [0.25, 0.3) is 0 Å². The van der Waals surface area contributed by atoms with Crippen molar-refractivity contribution in [2.45, 2.75) is 38.0 Å². The van der Waals surface area contributed by atoms with Crippen molar-refractivity contribution in [1.29, 1.82) is 0 Å². The first kappa shape index (κ1) is 12.6. The Morgan fingerprint density at radius 2 is 2.06 bits per heavy atom. The average molecular weight is 234 g/mol. The lowest BCUT2D eigenvalue weighted by Crippen LogP contribution is -2.62. The van der Waals surface area contributed by atoms with E-state index in [1.807, 2.05) is 13.0 Å². The van der Waals surface area contributed by atoms with Gasteiger partial charge in [0, 0.05) is 25.2 Å². The van der Waals surface area contributed by atoms with Gasteiger partial charge in [-0.3, -0.25) is 0 Å². The van der Waals surface area contributed by atoms with Crippen LogP contribution in [0.3, 0.4) is 0 Å². The summed E-state index contributed by atoms with van der Waals surface area (Å²) in [7, 11) is 0. The molecule has 3 N–H and O–H groups in total. The van der Waals surface area contributed by atoms with Crippen LogP contribution in [-0.2, 0) is 11.3 Å². The van der Waals surface area contributed by atoms with E-state index in [0.29, 0.717) is 12.6 Å². The first-order valence-electron chi connectivity index (χ1n) is 6.38. The number of rotatable bonds is 6. The topological polar surface area (TPSA) is 47.3 Å². The molecule has 3 heteroatoms. The molecule has 1 aromatic carbocycles. The van der Waals surface area contributed by atoms with E-state index in [0.717, 1.165) is 26.0 Å². The van der Waals surface area contributed by atoms with E-state index >= 15 is 0 Å². The second-order valence-corrected chi connectivity index (χ2v) is 4.81. The van der Waals surface area contributed by atoms with Gasteiger partial charge in [-0.25, -0.2) is 0 Å². The molecule has 0 unspecified atom stereocenters. The molecule has 0 amide bonds. The molecular formula is C14H22N2O. The van der Waals surface area contributed by atoms with Crippen LogP contribution in [0.25, 0.3) is 0 Å². The van der Waals surface area contributed by atoms with E-state index in [9.17, 15) is 0 Å². The predicted octanol–water partition coefficient (Wildman–Crippen LogP) is 1.67. The fraction of sp³-hybridized carbons (Fsp3) is 0.571. The molecule has 1 saturated carbocycles. The fourth-order valence-electron chi connectivity index (χ4n) is 2.43. The number of nitrogens with two attached hydrogens (primary N) is 1. The summed E-state index contributed by atoms with van der Waals surface area (Å²) in [4.78, 5) is 0. The van der Waals surface area contributed by atoms with Gasteiger partial charge in [0.2, 0.25) is 0 Å². The molecule has 0 radical (unpaired) electrons. The third-order valence-electron chi connectivity index (χ3n) is 3.54. The van der Waals surface area contributed by atoms with Crippen molar-refractivity contribution in [3.8, 4) is 0 Å². The predicted molar refractivity (Wildman–Crippen MR) is 69.7 cm³/mol. The molecule has 1 aliphatic carbocycles. The van der Waals surface area contributed by atoms with E-state index in [1.54, 1.807) is 0 Å². The molecule has 1 aromatic rings. The first-order chi connectivity index (χ1) is 8.28. The Balaban J connectivity index is 1.82. The Kier molecular flexibility index (Phi) is 4.15. The van der Waals surface area contributed by atoms with Gasteiger partial charge >= 0.3 is 0 Å². The monoisotopic (exact) mass is 234 g/mol. The summed E-state index contributed by atoms with van der Waals surface area (Å²) in [6, 6.07) is 10.4. The fourth-order valence-corrected chi connectivity index (χ4v) is 2.43. The SMILES string of the molecule is CCOC1CC(CN)(NCc2ccccc2)C1. The molecule has 3 nitrogen and oxygen atoms in total. The lowest BCUT2D eigenvalue weighted by Gasteiger charge is -2.47. The van der Waals surface area contributed by atoms with Crippen LogP contribution < -0.4 is 11.1 Å². The van der Waals surface area contributed by atoms with Crippen LogP contribution >= 0.6 is 0 Å². The number of ether oxygens (including phenoxy) is 1. The smallest absolute Gasteiger partial charge is 0.0611 e. The highest BCUT2D eigenvalue weighted by Crippen LogP contribution is 2.34. The maximum atomic E-state index is 5.87. The first-order valence-corrected chi connectivity index (χ1v) is 6.38. The van der Waals surface area contributed by atoms with Crippen molar-refractivity contribution in [2.24, 2.45) is 5.73 Å². The van der Waals surface area contributed by atoms with Crippen molar-refractivity contribution < 1.29 is 4.74 Å². The van der Waals surface area contributed by atoms with Gasteiger partial charge in [-0.15, -0.1) is 0 Å². The maximum Gasteiger partial charge on any atom is 0.0611 e. The van der Waals surface area contributed by atoms with Crippen molar-refractivity contribution in [1.82, 2.24) is 5.32 Å². The zero-order valence-corrected chi connectivity index (χ0v) is 10.5. The summed E-state index contributed by atoms with van der Waals surface area (Å²) < 4.78 is 5.59. The van der Waals surface area contributed by atoms with Crippen molar-refractivity contribution in [2.75, 3.05) is 13.2 Å². The third-order valence-corrected chi connectivity index (χ3v) is 3.54. The van der Waals surface area contributed by atoms with E-state index in [2.05, 4.69) is 29.6 Å². The van der Waals surface area contributed by atoms with Gasteiger partial charge in [-0.2, -0.15) is 0 Å². The molecule has 0 spiro atoms. The Labute approximate surface area is 103 Å². The molecule has 17 heavy (non-hydrogen) atoms. The van der Waals surface area contributed by atoms with Crippen LogP contribution in [0.2, 0.25) is 0 Å². The summed E-state index contributed by atoms with van der Waals surface area (Å²) in [5, 5.41) is 3.58. The number of benzene rings is 1. The van der Waals surface area contributed by atoms with Gasteiger partial charge in [0.1, 0.15) is 0 Å². The van der Waals surface area contributed by atoms with Gasteiger partial charge < -0.3 is 15.8 Å². The summed E-state index contributed by atoms with van der Waals surface area (Å²) in [5.74, 6) is 0. The van der Waals surface area contributed by atoms with Crippen molar-refractivity contribution in [3.63, 3.8) is 0 Å². The summed E-state index contributed by atoms with van der Waals surface area (Å²) in [6.45, 7) is 4.41. The lowest BCUT2D eigenvalue weighted by molar-refractivity contribution is -0.0482. The largest absolute Gasteiger partial charge is 0.378 e. The standard InChI is InChI=1S/C14H22N2O/c1-2-17-13-8-14(9-13,11-15)16-10-12-6-4-3-5-7-12/h3-7,13,16H,2,8-11,15H2,1H3. The third kappa shape index (κ3) is 3.06. The minimum atomic E-state index is 0.0929. The molecule has 0 aliphatic heterocycles. The van der Waals surface area contributed by atoms with Gasteiger partial charge in [-0.1, -0.05) is 30.3 Å². The van der Waals surface area contributed by atoms with Gasteiger partial charge in [0.15, 0.2) is 0 Å². The second-order valence-electron chi connectivity index (χ2n) is 4.81. The van der Waals surface area contributed by atoms with Crippen LogP contribution in [0.15, 0.2) is 30.3 Å². The van der Waals surface area contributed by atoms with Crippen LogP contribution in [0, 0.1) is 0 Å². The minimum Gasteiger partial charge on any atom is -0.378 e. The Hall–Kier alpha value is -0.900. The van der Waals surface area contributed by atoms with Crippen LogP contribution in [0.4, 0.5) is 0 Å². The van der Waals surface area contributed by atoms with E-state index in [1.165, 1.54) is 5.56 Å². The average Bonchev–Trinajstić information content (AvgIpc) is 2.33. The van der Waals surface area contributed by atoms with E-state index in [-0.39, 0.29) is 5.54 Å². The highest BCUT2D eigenvalue weighted by molar-refractivity contribution is 5.15. The summed E-state index contributed by atoms with van der Waals surface area (Å²) in [5.41, 5.74) is 7.27. The Morgan fingerprint density at radius 3 is 2.65 bits per heavy atom. The Morgan fingerprint density at radius 1 is 1.35 bits per heavy atom. The molecule has 0 heterocycles. The van der Waals surface area contributed by atoms with Gasteiger partial charge in [-0.05, 0) is 25.3 Å². The van der Waals surface area contributed by atoms with Gasteiger partial charge in [0.05, 0.1) is 6.10 Å². The number of nitrogens with one attached hydrogen (secondary N) is 1. The summed E-state index contributed by atoms with van der Waals surface area (Å²) >= 11 is 0. The minimum absolute atomic E-state index is 0.0929. The van der Waals surface area contributed by atoms with Crippen LogP contribution in [0.5, 0.6) is 0 Å². The molecule has 1 aliphatic rings. The molecule has 0 saturated heterocycles. The lowest BCUT2D eigenvalue weighted by atomic mass is 9.74. The van der Waals surface area contributed by atoms with Crippen LogP contribution in [-0.4, -0.2) is 24.8 Å². The molecule has 0 aromatic heterocycles. The molecule has 0 atom stereocenters. The highest BCUT2D eigenvalue weighted by Gasteiger charge is 2.43. The second kappa shape index (κ2) is 5.63. The highest BCUT2D eigenvalue weighted by atomic mass is 16.5. The molecule has 2 rings (SSSR count). The molecule has 94 valence electrons. The quantitative estimate of drug-likeness (QED) is 0.787. The number of hydrogen-bond donors (Lipinski definition) is 2. The van der Waals surface area contributed by atoms with E-state index in [4.69, 9.17) is 10.5 Å². The summed E-state index contributed by atoms with van der Waals surface area (Å²) in [6.07, 6.45) is 2.46. The zero-order valence-electron chi connectivity index (χ0n) is 10.5. The Bertz CT molecular complexity index is 333. The molecule has 1 fully saturated rings.